The minimum atomic E-state index is -0.360. The number of nitrogens with one attached hydrogen (secondary N) is 2. The molecule has 0 bridgehead atoms. The third kappa shape index (κ3) is 4.46. The van der Waals surface area contributed by atoms with Crippen LogP contribution in [0.2, 0.25) is 0 Å². The van der Waals surface area contributed by atoms with E-state index in [4.69, 9.17) is 14.4 Å². The molecule has 124 valence electrons. The van der Waals surface area contributed by atoms with Gasteiger partial charge in [0.25, 0.3) is 0 Å². The maximum Gasteiger partial charge on any atom is 0.315 e. The van der Waals surface area contributed by atoms with Crippen molar-refractivity contribution >= 4 is 6.03 Å². The van der Waals surface area contributed by atoms with Crippen LogP contribution in [0.1, 0.15) is 19.1 Å². The van der Waals surface area contributed by atoms with Crippen molar-refractivity contribution in [3.8, 4) is 17.0 Å². The third-order valence-corrected chi connectivity index (χ3v) is 3.41. The molecule has 0 spiro atoms. The number of carbonyl (C=O) groups is 1. The van der Waals surface area contributed by atoms with Gasteiger partial charge in [0.05, 0.1) is 26.3 Å². The SMILES string of the molecule is CC[C@H](CO)NC(=O)NCc1cc(-c2ccccc2OC)no1. The van der Waals surface area contributed by atoms with Gasteiger partial charge in [-0.2, -0.15) is 0 Å². The summed E-state index contributed by atoms with van der Waals surface area (Å²) < 4.78 is 10.5. The van der Waals surface area contributed by atoms with Crippen LogP contribution in [0.25, 0.3) is 11.3 Å². The second-order valence-corrected chi connectivity index (χ2v) is 4.99. The number of ether oxygens (including phenoxy) is 1. The van der Waals surface area contributed by atoms with Crippen molar-refractivity contribution in [2.45, 2.75) is 25.9 Å². The van der Waals surface area contributed by atoms with Gasteiger partial charge in [0.2, 0.25) is 0 Å². The summed E-state index contributed by atoms with van der Waals surface area (Å²) in [7, 11) is 1.59. The molecule has 0 aliphatic heterocycles. The number of hydrogen-bond acceptors (Lipinski definition) is 5. The Morgan fingerprint density at radius 1 is 1.43 bits per heavy atom. The number of rotatable bonds is 7. The summed E-state index contributed by atoms with van der Waals surface area (Å²) in [5, 5.41) is 18.4. The standard InChI is InChI=1S/C16H21N3O4/c1-3-11(10-20)18-16(21)17-9-12-8-14(19-23-12)13-6-4-5-7-15(13)22-2/h4-8,11,20H,3,9-10H2,1-2H3,(H2,17,18,21)/t11-/m1/s1. The number of nitrogens with zero attached hydrogens (tertiary/aromatic N) is 1. The van der Waals surface area contributed by atoms with Crippen LogP contribution < -0.4 is 15.4 Å². The Balaban J connectivity index is 1.96. The average molecular weight is 319 g/mol. The summed E-state index contributed by atoms with van der Waals surface area (Å²) in [4.78, 5) is 11.7. The van der Waals surface area contributed by atoms with Gasteiger partial charge in [-0.1, -0.05) is 24.2 Å². The molecule has 0 aliphatic carbocycles. The molecule has 0 saturated heterocycles. The lowest BCUT2D eigenvalue weighted by molar-refractivity contribution is 0.213. The van der Waals surface area contributed by atoms with Crippen molar-refractivity contribution in [2.75, 3.05) is 13.7 Å². The lowest BCUT2D eigenvalue weighted by Gasteiger charge is -2.13. The Hall–Kier alpha value is -2.54. The van der Waals surface area contributed by atoms with Crippen molar-refractivity contribution in [3.63, 3.8) is 0 Å². The molecule has 1 heterocycles. The minimum absolute atomic E-state index is 0.0931. The molecule has 1 aromatic carbocycles. The second-order valence-electron chi connectivity index (χ2n) is 4.99. The third-order valence-electron chi connectivity index (χ3n) is 3.41. The van der Waals surface area contributed by atoms with Gasteiger partial charge >= 0.3 is 6.03 Å². The molecule has 7 nitrogen and oxygen atoms in total. The van der Waals surface area contributed by atoms with Crippen LogP contribution in [0.15, 0.2) is 34.9 Å². The first-order valence-electron chi connectivity index (χ1n) is 7.42. The van der Waals surface area contributed by atoms with E-state index in [9.17, 15) is 4.79 Å². The Kier molecular flexibility index (Phi) is 5.99. The van der Waals surface area contributed by atoms with Crippen LogP contribution in [0.5, 0.6) is 5.75 Å². The van der Waals surface area contributed by atoms with Crippen LogP contribution in [0.4, 0.5) is 4.79 Å². The van der Waals surface area contributed by atoms with Crippen LogP contribution in [-0.4, -0.2) is 36.1 Å². The Morgan fingerprint density at radius 3 is 2.91 bits per heavy atom. The topological polar surface area (TPSA) is 96.6 Å². The van der Waals surface area contributed by atoms with Crippen molar-refractivity contribution in [3.05, 3.63) is 36.1 Å². The van der Waals surface area contributed by atoms with Gasteiger partial charge in [-0.25, -0.2) is 4.79 Å². The van der Waals surface area contributed by atoms with Gasteiger partial charge in [0.1, 0.15) is 11.4 Å². The van der Waals surface area contributed by atoms with Crippen LogP contribution in [-0.2, 0) is 6.54 Å². The zero-order valence-electron chi connectivity index (χ0n) is 13.2. The first-order valence-corrected chi connectivity index (χ1v) is 7.42. The molecule has 2 rings (SSSR count). The number of aliphatic hydroxyl groups excluding tert-OH is 1. The zero-order chi connectivity index (χ0) is 16.7. The van der Waals surface area contributed by atoms with Crippen molar-refractivity contribution in [1.82, 2.24) is 15.8 Å². The van der Waals surface area contributed by atoms with Crippen LogP contribution >= 0.6 is 0 Å². The summed E-state index contributed by atoms with van der Waals surface area (Å²) in [5.41, 5.74) is 1.46. The molecule has 0 aliphatic rings. The van der Waals surface area contributed by atoms with Gasteiger partial charge in [0.15, 0.2) is 5.76 Å². The fourth-order valence-electron chi connectivity index (χ4n) is 2.06. The quantitative estimate of drug-likeness (QED) is 0.724. The summed E-state index contributed by atoms with van der Waals surface area (Å²) in [5.74, 6) is 1.23. The molecule has 7 heteroatoms. The predicted molar refractivity (Wildman–Crippen MR) is 85.0 cm³/mol. The molecular formula is C16H21N3O4. The molecule has 0 radical (unpaired) electrons. The summed E-state index contributed by atoms with van der Waals surface area (Å²) in [6.45, 7) is 2.00. The number of urea groups is 1. The molecular weight excluding hydrogens is 298 g/mol. The molecule has 1 atom stereocenters. The van der Waals surface area contributed by atoms with E-state index in [0.29, 0.717) is 23.6 Å². The van der Waals surface area contributed by atoms with E-state index in [1.54, 1.807) is 13.2 Å². The maximum absolute atomic E-state index is 11.7. The zero-order valence-corrected chi connectivity index (χ0v) is 13.2. The Morgan fingerprint density at radius 2 is 2.22 bits per heavy atom. The van der Waals surface area contributed by atoms with E-state index >= 15 is 0 Å². The van der Waals surface area contributed by atoms with Gasteiger partial charge in [-0.05, 0) is 18.6 Å². The van der Waals surface area contributed by atoms with E-state index in [1.165, 1.54) is 0 Å². The van der Waals surface area contributed by atoms with E-state index in [1.807, 2.05) is 31.2 Å². The fraction of sp³-hybridized carbons (Fsp3) is 0.375. The molecule has 2 amide bonds. The number of carbonyl (C=O) groups excluding carboxylic acids is 1. The van der Waals surface area contributed by atoms with E-state index < -0.39 is 0 Å². The molecule has 2 aromatic rings. The van der Waals surface area contributed by atoms with Gasteiger partial charge in [-0.3, -0.25) is 0 Å². The average Bonchev–Trinajstić information content (AvgIpc) is 3.06. The summed E-state index contributed by atoms with van der Waals surface area (Å²) in [6, 6.07) is 8.62. The molecule has 1 aromatic heterocycles. The molecule has 23 heavy (non-hydrogen) atoms. The first kappa shape index (κ1) is 16.8. The van der Waals surface area contributed by atoms with E-state index in [-0.39, 0.29) is 25.2 Å². The van der Waals surface area contributed by atoms with Crippen molar-refractivity contribution < 1.29 is 19.2 Å². The van der Waals surface area contributed by atoms with Crippen LogP contribution in [0.3, 0.4) is 0 Å². The highest BCUT2D eigenvalue weighted by Crippen LogP contribution is 2.28. The van der Waals surface area contributed by atoms with E-state index in [2.05, 4.69) is 15.8 Å². The number of aliphatic hydroxyl groups is 1. The maximum atomic E-state index is 11.7. The monoisotopic (exact) mass is 319 g/mol. The molecule has 3 N–H and O–H groups in total. The normalized spacial score (nSPS) is 11.8. The first-order chi connectivity index (χ1) is 11.2. The molecule has 0 fully saturated rings. The fourth-order valence-corrected chi connectivity index (χ4v) is 2.06. The lowest BCUT2D eigenvalue weighted by Crippen LogP contribution is -2.43. The highest BCUT2D eigenvalue weighted by atomic mass is 16.5. The van der Waals surface area contributed by atoms with Gasteiger partial charge < -0.3 is 25.0 Å². The predicted octanol–water partition coefficient (Wildman–Crippen LogP) is 1.92. The number of benzene rings is 1. The van der Waals surface area contributed by atoms with Gasteiger partial charge in [-0.15, -0.1) is 0 Å². The lowest BCUT2D eigenvalue weighted by atomic mass is 10.1. The van der Waals surface area contributed by atoms with Gasteiger partial charge in [0, 0.05) is 11.6 Å². The largest absolute Gasteiger partial charge is 0.496 e. The van der Waals surface area contributed by atoms with Crippen LogP contribution in [0, 0.1) is 0 Å². The summed E-state index contributed by atoms with van der Waals surface area (Å²) >= 11 is 0. The molecule has 0 unspecified atom stereocenters. The molecule has 0 saturated carbocycles. The Bertz CT molecular complexity index is 638. The second kappa shape index (κ2) is 8.19. The smallest absolute Gasteiger partial charge is 0.315 e. The number of amides is 2. The number of para-hydroxylation sites is 1. The van der Waals surface area contributed by atoms with E-state index in [0.717, 1.165) is 5.56 Å². The number of aromatic nitrogens is 1. The number of hydrogen-bond donors (Lipinski definition) is 3. The highest BCUT2D eigenvalue weighted by molar-refractivity contribution is 5.74. The highest BCUT2D eigenvalue weighted by Gasteiger charge is 2.13. The minimum Gasteiger partial charge on any atom is -0.496 e. The van der Waals surface area contributed by atoms with Crippen molar-refractivity contribution in [2.24, 2.45) is 0 Å². The Labute approximate surface area is 134 Å². The summed E-state index contributed by atoms with van der Waals surface area (Å²) in [6.07, 6.45) is 0.657. The number of methoxy groups -OCH3 is 1. The van der Waals surface area contributed by atoms with Crippen molar-refractivity contribution in [1.29, 1.82) is 0 Å².